The molecule has 0 radical (unpaired) electrons. The maximum atomic E-state index is 12.4. The van der Waals surface area contributed by atoms with Crippen LogP contribution in [0.15, 0.2) is 48.4 Å². The number of halogens is 2. The summed E-state index contributed by atoms with van der Waals surface area (Å²) in [5, 5.41) is 3.16. The summed E-state index contributed by atoms with van der Waals surface area (Å²) >= 11 is 11.8. The van der Waals surface area contributed by atoms with Crippen molar-refractivity contribution in [2.45, 2.75) is 0 Å². The highest BCUT2D eigenvalue weighted by molar-refractivity contribution is 6.42. The Morgan fingerprint density at radius 3 is 2.45 bits per heavy atom. The number of hydrogen-bond donors (Lipinski definition) is 1. The second-order valence-corrected chi connectivity index (χ2v) is 5.32. The molecule has 1 fully saturated rings. The van der Waals surface area contributed by atoms with Crippen molar-refractivity contribution in [3.05, 3.63) is 64.0 Å². The van der Waals surface area contributed by atoms with E-state index in [0.717, 1.165) is 10.5 Å². The van der Waals surface area contributed by atoms with Crippen molar-refractivity contribution in [1.29, 1.82) is 0 Å². The number of pyridine rings is 1. The van der Waals surface area contributed by atoms with E-state index in [1.54, 1.807) is 36.7 Å². The summed E-state index contributed by atoms with van der Waals surface area (Å²) in [7, 11) is 0. The van der Waals surface area contributed by atoms with Crippen molar-refractivity contribution in [1.82, 2.24) is 10.3 Å². The molecule has 22 heavy (non-hydrogen) atoms. The third-order valence-electron chi connectivity index (χ3n) is 3.06. The Bertz CT molecular complexity index is 791. The van der Waals surface area contributed by atoms with Gasteiger partial charge in [0.25, 0.3) is 5.91 Å². The highest BCUT2D eigenvalue weighted by atomic mass is 35.5. The van der Waals surface area contributed by atoms with E-state index in [2.05, 4.69) is 10.3 Å². The van der Waals surface area contributed by atoms with Crippen molar-refractivity contribution in [2.75, 3.05) is 4.90 Å². The minimum absolute atomic E-state index is 0.183. The van der Waals surface area contributed by atoms with Crippen LogP contribution in [0.3, 0.4) is 0 Å². The topological polar surface area (TPSA) is 62.3 Å². The first-order chi connectivity index (χ1) is 10.6. The summed E-state index contributed by atoms with van der Waals surface area (Å²) in [6, 6.07) is 7.48. The summed E-state index contributed by atoms with van der Waals surface area (Å²) in [6.07, 6.45) is 4.79. The van der Waals surface area contributed by atoms with Gasteiger partial charge in [-0.2, -0.15) is 0 Å². The second kappa shape index (κ2) is 5.79. The van der Waals surface area contributed by atoms with Gasteiger partial charge in [0.2, 0.25) is 0 Å². The number of imide groups is 1. The Balaban J connectivity index is 1.95. The Labute approximate surface area is 136 Å². The van der Waals surface area contributed by atoms with Gasteiger partial charge in [0.05, 0.1) is 15.7 Å². The van der Waals surface area contributed by atoms with E-state index < -0.39 is 11.9 Å². The van der Waals surface area contributed by atoms with Crippen molar-refractivity contribution in [3.8, 4) is 0 Å². The molecule has 1 aliphatic heterocycles. The molecular weight excluding hydrogens is 325 g/mol. The molecule has 0 spiro atoms. The molecule has 1 aromatic heterocycles. The van der Waals surface area contributed by atoms with E-state index in [4.69, 9.17) is 23.2 Å². The molecule has 0 saturated carbocycles. The van der Waals surface area contributed by atoms with E-state index >= 15 is 0 Å². The van der Waals surface area contributed by atoms with Crippen LogP contribution in [0.5, 0.6) is 0 Å². The highest BCUT2D eigenvalue weighted by Gasteiger charge is 2.35. The fourth-order valence-electron chi connectivity index (χ4n) is 2.02. The molecule has 3 rings (SSSR count). The molecule has 0 atom stereocenters. The zero-order chi connectivity index (χ0) is 15.7. The van der Waals surface area contributed by atoms with Gasteiger partial charge in [-0.3, -0.25) is 9.78 Å². The molecule has 0 unspecified atom stereocenters. The van der Waals surface area contributed by atoms with Gasteiger partial charge in [0.15, 0.2) is 0 Å². The van der Waals surface area contributed by atoms with Gasteiger partial charge in [0, 0.05) is 12.4 Å². The Morgan fingerprint density at radius 1 is 1.05 bits per heavy atom. The first-order valence-electron chi connectivity index (χ1n) is 6.28. The molecule has 2 aromatic rings. The molecule has 7 heteroatoms. The Morgan fingerprint density at radius 2 is 1.77 bits per heavy atom. The van der Waals surface area contributed by atoms with E-state index in [0.29, 0.717) is 10.7 Å². The molecule has 1 aliphatic rings. The summed E-state index contributed by atoms with van der Waals surface area (Å²) in [5.74, 6) is -0.458. The average Bonchev–Trinajstić information content (AvgIpc) is 2.78. The normalized spacial score (nSPS) is 16.3. The van der Waals surface area contributed by atoms with Crippen LogP contribution in [0.1, 0.15) is 5.56 Å². The monoisotopic (exact) mass is 333 g/mol. The minimum Gasteiger partial charge on any atom is -0.302 e. The highest BCUT2D eigenvalue weighted by Crippen LogP contribution is 2.29. The van der Waals surface area contributed by atoms with Crippen LogP contribution in [0.4, 0.5) is 10.5 Å². The summed E-state index contributed by atoms with van der Waals surface area (Å²) < 4.78 is 0. The number of nitrogens with zero attached hydrogens (tertiary/aromatic N) is 2. The number of benzene rings is 1. The van der Waals surface area contributed by atoms with E-state index in [9.17, 15) is 9.59 Å². The third kappa shape index (κ3) is 2.68. The number of carbonyl (C=O) groups is 2. The first-order valence-corrected chi connectivity index (χ1v) is 7.04. The van der Waals surface area contributed by atoms with Gasteiger partial charge in [-0.25, -0.2) is 9.69 Å². The lowest BCUT2D eigenvalue weighted by molar-refractivity contribution is -0.113. The SMILES string of the molecule is O=C1N/C(=C\c2ccncc2)C(=O)N1c1ccc(Cl)c(Cl)c1. The van der Waals surface area contributed by atoms with Crippen LogP contribution >= 0.6 is 23.2 Å². The number of urea groups is 1. The van der Waals surface area contributed by atoms with Crippen LogP contribution in [-0.2, 0) is 4.79 Å². The van der Waals surface area contributed by atoms with Gasteiger partial charge in [0.1, 0.15) is 5.70 Å². The van der Waals surface area contributed by atoms with Gasteiger partial charge in [-0.15, -0.1) is 0 Å². The zero-order valence-corrected chi connectivity index (χ0v) is 12.6. The van der Waals surface area contributed by atoms with Gasteiger partial charge in [-0.05, 0) is 42.0 Å². The van der Waals surface area contributed by atoms with E-state index in [1.165, 1.54) is 12.1 Å². The molecule has 1 saturated heterocycles. The molecule has 5 nitrogen and oxygen atoms in total. The number of carbonyl (C=O) groups excluding carboxylic acids is 2. The lowest BCUT2D eigenvalue weighted by atomic mass is 10.2. The largest absolute Gasteiger partial charge is 0.333 e. The fourth-order valence-corrected chi connectivity index (χ4v) is 2.31. The number of amides is 3. The third-order valence-corrected chi connectivity index (χ3v) is 3.80. The smallest absolute Gasteiger partial charge is 0.302 e. The fraction of sp³-hybridized carbons (Fsp3) is 0. The summed E-state index contributed by atoms with van der Waals surface area (Å²) in [6.45, 7) is 0. The summed E-state index contributed by atoms with van der Waals surface area (Å²) in [4.78, 5) is 29.4. The maximum absolute atomic E-state index is 12.4. The van der Waals surface area contributed by atoms with E-state index in [1.807, 2.05) is 0 Å². The van der Waals surface area contributed by atoms with Crippen LogP contribution < -0.4 is 10.2 Å². The number of hydrogen-bond acceptors (Lipinski definition) is 3. The predicted molar refractivity (Wildman–Crippen MR) is 84.7 cm³/mol. The predicted octanol–water partition coefficient (Wildman–Crippen LogP) is 3.49. The maximum Gasteiger partial charge on any atom is 0.333 e. The van der Waals surface area contributed by atoms with E-state index in [-0.39, 0.29) is 10.7 Å². The van der Waals surface area contributed by atoms with Crippen LogP contribution in [0.2, 0.25) is 10.0 Å². The summed E-state index contributed by atoms with van der Waals surface area (Å²) in [5.41, 5.74) is 1.30. The molecule has 1 N–H and O–H groups in total. The minimum atomic E-state index is -0.538. The van der Waals surface area contributed by atoms with Gasteiger partial charge in [-0.1, -0.05) is 23.2 Å². The number of anilines is 1. The molecule has 110 valence electrons. The van der Waals surface area contributed by atoms with Crippen molar-refractivity contribution in [3.63, 3.8) is 0 Å². The first kappa shape index (κ1) is 14.6. The standard InChI is InChI=1S/C15H9Cl2N3O2/c16-11-2-1-10(8-12(11)17)20-14(21)13(19-15(20)22)7-9-3-5-18-6-4-9/h1-8H,(H,19,22)/b13-7-. The molecule has 1 aromatic carbocycles. The van der Waals surface area contributed by atoms with Crippen molar-refractivity contribution < 1.29 is 9.59 Å². The van der Waals surface area contributed by atoms with Crippen LogP contribution in [-0.4, -0.2) is 16.9 Å². The van der Waals surface area contributed by atoms with Crippen LogP contribution in [0, 0.1) is 0 Å². The zero-order valence-electron chi connectivity index (χ0n) is 11.1. The molecule has 0 bridgehead atoms. The Kier molecular flexibility index (Phi) is 3.83. The Hall–Kier alpha value is -2.37. The van der Waals surface area contributed by atoms with Gasteiger partial charge < -0.3 is 5.32 Å². The van der Waals surface area contributed by atoms with Crippen molar-refractivity contribution >= 4 is 46.9 Å². The lowest BCUT2D eigenvalue weighted by Crippen LogP contribution is -2.30. The average molecular weight is 334 g/mol. The molecule has 0 aliphatic carbocycles. The number of aromatic nitrogens is 1. The molecule has 3 amide bonds. The number of rotatable bonds is 2. The lowest BCUT2D eigenvalue weighted by Gasteiger charge is -2.12. The number of nitrogens with one attached hydrogen (secondary N) is 1. The van der Waals surface area contributed by atoms with Gasteiger partial charge >= 0.3 is 6.03 Å². The molecule has 2 heterocycles. The van der Waals surface area contributed by atoms with Crippen LogP contribution in [0.25, 0.3) is 6.08 Å². The van der Waals surface area contributed by atoms with Crippen molar-refractivity contribution in [2.24, 2.45) is 0 Å². The second-order valence-electron chi connectivity index (χ2n) is 4.51. The quantitative estimate of drug-likeness (QED) is 0.675. The molecular formula is C15H9Cl2N3O2.